The number of aliphatic carboxylic acids is 1. The van der Waals surface area contributed by atoms with Crippen LogP contribution < -0.4 is 0 Å². The molecule has 3 rings (SSSR count). The summed E-state index contributed by atoms with van der Waals surface area (Å²) in [5, 5.41) is 8.89. The van der Waals surface area contributed by atoms with Crippen LogP contribution in [0.3, 0.4) is 0 Å². The van der Waals surface area contributed by atoms with Gasteiger partial charge in [0.2, 0.25) is 17.7 Å². The van der Waals surface area contributed by atoms with Crippen molar-refractivity contribution in [2.45, 2.75) is 51.4 Å². The van der Waals surface area contributed by atoms with E-state index in [2.05, 4.69) is 0 Å². The largest absolute Gasteiger partial charge is 0.480 e. The van der Waals surface area contributed by atoms with Crippen LogP contribution in [0.25, 0.3) is 0 Å². The Bertz CT molecular complexity index is 561. The Morgan fingerprint density at radius 3 is 2.21 bits per heavy atom. The summed E-state index contributed by atoms with van der Waals surface area (Å²) in [6.45, 7) is 3.08. The number of hydrogen-bond acceptors (Lipinski definition) is 5. The van der Waals surface area contributed by atoms with E-state index in [0.717, 1.165) is 12.8 Å². The molecule has 3 heterocycles. The number of carbonyl (C=O) groups excluding carboxylic acids is 3. The maximum absolute atomic E-state index is 12.5. The standard InChI is InChI=1S/C16H22N2O6/c1-8(2)18(7-12(20)21)11(19)5-6-17-15(22)13-9-3-4-10(24-9)14(13)16(17)23/h8-10,13-14H,3-7H2,1-2H3,(H,20,21). The molecular weight excluding hydrogens is 316 g/mol. The van der Waals surface area contributed by atoms with E-state index in [4.69, 9.17) is 9.84 Å². The van der Waals surface area contributed by atoms with Crippen LogP contribution in [0, 0.1) is 11.8 Å². The van der Waals surface area contributed by atoms with Gasteiger partial charge in [-0.25, -0.2) is 0 Å². The average molecular weight is 338 g/mol. The van der Waals surface area contributed by atoms with Crippen molar-refractivity contribution in [3.05, 3.63) is 0 Å². The van der Waals surface area contributed by atoms with Crippen LogP contribution in [0.4, 0.5) is 0 Å². The predicted molar refractivity (Wildman–Crippen MR) is 80.7 cm³/mol. The van der Waals surface area contributed by atoms with E-state index in [1.54, 1.807) is 13.8 Å². The first-order valence-electron chi connectivity index (χ1n) is 8.33. The maximum atomic E-state index is 12.5. The number of likely N-dealkylation sites (tertiary alicyclic amines) is 1. The van der Waals surface area contributed by atoms with E-state index in [1.807, 2.05) is 0 Å². The molecule has 4 unspecified atom stereocenters. The fourth-order valence-electron chi connectivity index (χ4n) is 4.05. The van der Waals surface area contributed by atoms with Gasteiger partial charge in [-0.15, -0.1) is 0 Å². The molecule has 2 bridgehead atoms. The third kappa shape index (κ3) is 2.68. The topological polar surface area (TPSA) is 104 Å². The molecule has 8 heteroatoms. The number of rotatable bonds is 6. The van der Waals surface area contributed by atoms with E-state index >= 15 is 0 Å². The average Bonchev–Trinajstić information content (AvgIpc) is 3.17. The fourth-order valence-corrected chi connectivity index (χ4v) is 4.05. The van der Waals surface area contributed by atoms with E-state index in [0.29, 0.717) is 0 Å². The summed E-state index contributed by atoms with van der Waals surface area (Å²) in [5.74, 6) is -2.75. The summed E-state index contributed by atoms with van der Waals surface area (Å²) in [5.41, 5.74) is 0. The molecule has 3 saturated heterocycles. The van der Waals surface area contributed by atoms with Crippen molar-refractivity contribution < 1.29 is 29.0 Å². The summed E-state index contributed by atoms with van der Waals surface area (Å²) in [6, 6.07) is -0.262. The number of nitrogens with zero attached hydrogens (tertiary/aromatic N) is 2. The number of imide groups is 1. The Kier molecular flexibility index (Phi) is 4.33. The van der Waals surface area contributed by atoms with E-state index < -0.39 is 17.8 Å². The molecule has 3 aliphatic rings. The highest BCUT2D eigenvalue weighted by molar-refractivity contribution is 6.06. The van der Waals surface area contributed by atoms with Crippen molar-refractivity contribution in [1.82, 2.24) is 9.80 Å². The summed E-state index contributed by atoms with van der Waals surface area (Å²) in [4.78, 5) is 50.5. The molecule has 0 saturated carbocycles. The molecule has 1 N–H and O–H groups in total. The summed E-state index contributed by atoms with van der Waals surface area (Å²) < 4.78 is 5.66. The van der Waals surface area contributed by atoms with Crippen molar-refractivity contribution in [3.8, 4) is 0 Å². The van der Waals surface area contributed by atoms with Crippen LogP contribution in [-0.2, 0) is 23.9 Å². The second-order valence-electron chi connectivity index (χ2n) is 6.93. The zero-order valence-corrected chi connectivity index (χ0v) is 13.8. The smallest absolute Gasteiger partial charge is 0.323 e. The van der Waals surface area contributed by atoms with Crippen LogP contribution >= 0.6 is 0 Å². The van der Waals surface area contributed by atoms with E-state index in [-0.39, 0.29) is 55.5 Å². The Hall–Kier alpha value is -1.96. The Morgan fingerprint density at radius 1 is 1.21 bits per heavy atom. The number of hydrogen-bond donors (Lipinski definition) is 1. The lowest BCUT2D eigenvalue weighted by Crippen LogP contribution is -2.43. The molecule has 3 amide bonds. The molecule has 0 aromatic rings. The summed E-state index contributed by atoms with van der Waals surface area (Å²) >= 11 is 0. The first-order valence-corrected chi connectivity index (χ1v) is 8.33. The van der Waals surface area contributed by atoms with Crippen LogP contribution in [0.5, 0.6) is 0 Å². The molecule has 0 radical (unpaired) electrons. The molecule has 3 aliphatic heterocycles. The van der Waals surface area contributed by atoms with Gasteiger partial charge in [0.1, 0.15) is 6.54 Å². The monoisotopic (exact) mass is 338 g/mol. The van der Waals surface area contributed by atoms with Gasteiger partial charge in [0.15, 0.2) is 0 Å². The summed E-state index contributed by atoms with van der Waals surface area (Å²) in [6.07, 6.45) is 1.21. The Morgan fingerprint density at radius 2 is 1.75 bits per heavy atom. The van der Waals surface area contributed by atoms with Crippen molar-refractivity contribution in [2.75, 3.05) is 13.1 Å². The van der Waals surface area contributed by atoms with Gasteiger partial charge in [-0.3, -0.25) is 24.1 Å². The Balaban J connectivity index is 1.62. The van der Waals surface area contributed by atoms with Crippen molar-refractivity contribution in [2.24, 2.45) is 11.8 Å². The predicted octanol–water partition coefficient (Wildman–Crippen LogP) is -0.139. The number of carboxylic acid groups (broad SMARTS) is 1. The van der Waals surface area contributed by atoms with Crippen LogP contribution in [-0.4, -0.2) is 69.9 Å². The molecular formula is C16H22N2O6. The fraction of sp³-hybridized carbons (Fsp3) is 0.750. The van der Waals surface area contributed by atoms with Gasteiger partial charge < -0.3 is 14.7 Å². The summed E-state index contributed by atoms with van der Waals surface area (Å²) in [7, 11) is 0. The molecule has 8 nitrogen and oxygen atoms in total. The van der Waals surface area contributed by atoms with Crippen molar-refractivity contribution in [3.63, 3.8) is 0 Å². The van der Waals surface area contributed by atoms with Crippen LogP contribution in [0.15, 0.2) is 0 Å². The second kappa shape index (κ2) is 6.16. The highest BCUT2D eigenvalue weighted by Crippen LogP contribution is 2.48. The lowest BCUT2D eigenvalue weighted by molar-refractivity contribution is -0.147. The quantitative estimate of drug-likeness (QED) is 0.676. The molecule has 0 aliphatic carbocycles. The van der Waals surface area contributed by atoms with Crippen LogP contribution in [0.2, 0.25) is 0 Å². The number of carbonyl (C=O) groups is 4. The first-order chi connectivity index (χ1) is 11.3. The molecule has 0 spiro atoms. The molecule has 0 aromatic heterocycles. The van der Waals surface area contributed by atoms with Gasteiger partial charge in [-0.2, -0.15) is 0 Å². The minimum atomic E-state index is -1.09. The van der Waals surface area contributed by atoms with Crippen LogP contribution in [0.1, 0.15) is 33.1 Å². The molecule has 132 valence electrons. The molecule has 3 fully saturated rings. The first kappa shape index (κ1) is 16.9. The zero-order chi connectivity index (χ0) is 17.6. The molecule has 24 heavy (non-hydrogen) atoms. The lowest BCUT2D eigenvalue weighted by atomic mass is 9.81. The van der Waals surface area contributed by atoms with Gasteiger partial charge in [0, 0.05) is 19.0 Å². The second-order valence-corrected chi connectivity index (χ2v) is 6.93. The minimum Gasteiger partial charge on any atom is -0.480 e. The van der Waals surface area contributed by atoms with E-state index in [9.17, 15) is 19.2 Å². The number of carboxylic acids is 1. The minimum absolute atomic E-state index is 0.00573. The number of ether oxygens (including phenoxy) is 1. The Labute approximate surface area is 139 Å². The highest BCUT2D eigenvalue weighted by Gasteiger charge is 2.62. The molecule has 0 aromatic carbocycles. The van der Waals surface area contributed by atoms with Gasteiger partial charge in [0.25, 0.3) is 0 Å². The van der Waals surface area contributed by atoms with Gasteiger partial charge in [0.05, 0.1) is 24.0 Å². The molecule has 4 atom stereocenters. The van der Waals surface area contributed by atoms with Crippen molar-refractivity contribution >= 4 is 23.7 Å². The number of amides is 3. The van der Waals surface area contributed by atoms with Gasteiger partial charge in [-0.1, -0.05) is 0 Å². The maximum Gasteiger partial charge on any atom is 0.323 e. The van der Waals surface area contributed by atoms with E-state index in [1.165, 1.54) is 9.80 Å². The zero-order valence-electron chi connectivity index (χ0n) is 13.8. The van der Waals surface area contributed by atoms with Crippen molar-refractivity contribution in [1.29, 1.82) is 0 Å². The third-order valence-electron chi connectivity index (χ3n) is 5.17. The van der Waals surface area contributed by atoms with Gasteiger partial charge in [-0.05, 0) is 26.7 Å². The highest BCUT2D eigenvalue weighted by atomic mass is 16.5. The van der Waals surface area contributed by atoms with Gasteiger partial charge >= 0.3 is 5.97 Å². The third-order valence-corrected chi connectivity index (χ3v) is 5.17. The number of fused-ring (bicyclic) bond motifs is 5. The SMILES string of the molecule is CC(C)N(CC(=O)O)C(=O)CCN1C(=O)C2C3CCC(O3)C2C1=O. The lowest BCUT2D eigenvalue weighted by Gasteiger charge is -2.26. The normalized spacial score (nSPS) is 31.0.